The lowest BCUT2D eigenvalue weighted by Gasteiger charge is -2.20. The standard InChI is InChI=1S/C14H18N4/c1-10-2-4-11(5-3-10)8-13-16-17-14-9-12(15)6-7-18(13)14/h2-5,12H,6-9,15H2,1H3. The van der Waals surface area contributed by atoms with Gasteiger partial charge in [0.25, 0.3) is 0 Å². The molecule has 18 heavy (non-hydrogen) atoms. The lowest BCUT2D eigenvalue weighted by Crippen LogP contribution is -2.31. The fraction of sp³-hybridized carbons (Fsp3) is 0.429. The maximum Gasteiger partial charge on any atom is 0.137 e. The van der Waals surface area contributed by atoms with Gasteiger partial charge in [-0.3, -0.25) is 0 Å². The maximum absolute atomic E-state index is 5.95. The Morgan fingerprint density at radius 3 is 2.83 bits per heavy atom. The number of fused-ring (bicyclic) bond motifs is 1. The van der Waals surface area contributed by atoms with Crippen molar-refractivity contribution in [3.8, 4) is 0 Å². The fourth-order valence-corrected chi connectivity index (χ4v) is 2.43. The van der Waals surface area contributed by atoms with Crippen LogP contribution in [0.15, 0.2) is 24.3 Å². The number of nitrogens with zero attached hydrogens (tertiary/aromatic N) is 3. The van der Waals surface area contributed by atoms with E-state index in [1.807, 2.05) is 0 Å². The Labute approximate surface area is 107 Å². The normalized spacial score (nSPS) is 18.7. The molecule has 1 aromatic carbocycles. The molecule has 0 spiro atoms. The Morgan fingerprint density at radius 2 is 2.06 bits per heavy atom. The number of hydrogen-bond donors (Lipinski definition) is 1. The van der Waals surface area contributed by atoms with Crippen molar-refractivity contribution in [2.75, 3.05) is 0 Å². The van der Waals surface area contributed by atoms with E-state index < -0.39 is 0 Å². The number of aromatic nitrogens is 3. The second-order valence-corrected chi connectivity index (χ2v) is 5.10. The van der Waals surface area contributed by atoms with E-state index in [0.717, 1.165) is 37.5 Å². The minimum absolute atomic E-state index is 0.244. The van der Waals surface area contributed by atoms with Crippen LogP contribution in [0.4, 0.5) is 0 Å². The van der Waals surface area contributed by atoms with Crippen LogP contribution in [0.25, 0.3) is 0 Å². The Morgan fingerprint density at radius 1 is 1.28 bits per heavy atom. The number of benzene rings is 1. The highest BCUT2D eigenvalue weighted by Gasteiger charge is 2.20. The predicted molar refractivity (Wildman–Crippen MR) is 70.3 cm³/mol. The van der Waals surface area contributed by atoms with Crippen LogP contribution < -0.4 is 5.73 Å². The molecule has 94 valence electrons. The first kappa shape index (κ1) is 11.4. The molecule has 0 bridgehead atoms. The van der Waals surface area contributed by atoms with E-state index in [9.17, 15) is 0 Å². The van der Waals surface area contributed by atoms with Crippen LogP contribution >= 0.6 is 0 Å². The highest BCUT2D eigenvalue weighted by Crippen LogP contribution is 2.16. The zero-order valence-corrected chi connectivity index (χ0v) is 10.6. The summed E-state index contributed by atoms with van der Waals surface area (Å²) in [5.41, 5.74) is 8.52. The Kier molecular flexibility index (Phi) is 2.88. The van der Waals surface area contributed by atoms with Gasteiger partial charge in [-0.2, -0.15) is 0 Å². The van der Waals surface area contributed by atoms with Gasteiger partial charge >= 0.3 is 0 Å². The summed E-state index contributed by atoms with van der Waals surface area (Å²) in [5.74, 6) is 2.09. The third-order valence-corrected chi connectivity index (χ3v) is 3.56. The average Bonchev–Trinajstić information content (AvgIpc) is 2.74. The molecule has 2 N–H and O–H groups in total. The first-order chi connectivity index (χ1) is 8.72. The van der Waals surface area contributed by atoms with Crippen LogP contribution in [0, 0.1) is 6.92 Å². The Hall–Kier alpha value is -1.68. The minimum Gasteiger partial charge on any atom is -0.327 e. The lowest BCUT2D eigenvalue weighted by atomic mass is 10.1. The van der Waals surface area contributed by atoms with Crippen molar-refractivity contribution < 1.29 is 0 Å². The van der Waals surface area contributed by atoms with Gasteiger partial charge in [-0.1, -0.05) is 29.8 Å². The van der Waals surface area contributed by atoms with Gasteiger partial charge in [0.05, 0.1) is 0 Å². The monoisotopic (exact) mass is 242 g/mol. The first-order valence-corrected chi connectivity index (χ1v) is 6.44. The van der Waals surface area contributed by atoms with Gasteiger partial charge < -0.3 is 10.3 Å². The van der Waals surface area contributed by atoms with E-state index in [1.165, 1.54) is 11.1 Å². The topological polar surface area (TPSA) is 56.7 Å². The smallest absolute Gasteiger partial charge is 0.137 e. The molecule has 1 unspecified atom stereocenters. The summed E-state index contributed by atoms with van der Waals surface area (Å²) in [6, 6.07) is 8.84. The van der Waals surface area contributed by atoms with Crippen molar-refractivity contribution in [3.63, 3.8) is 0 Å². The zero-order chi connectivity index (χ0) is 12.5. The van der Waals surface area contributed by atoms with E-state index in [0.29, 0.717) is 0 Å². The average molecular weight is 242 g/mol. The molecule has 0 radical (unpaired) electrons. The molecular weight excluding hydrogens is 224 g/mol. The molecule has 0 amide bonds. The molecule has 1 aliphatic rings. The number of hydrogen-bond acceptors (Lipinski definition) is 3. The SMILES string of the molecule is Cc1ccc(Cc2nnc3n2CCC(N)C3)cc1. The van der Waals surface area contributed by atoms with E-state index in [1.54, 1.807) is 0 Å². The lowest BCUT2D eigenvalue weighted by molar-refractivity contribution is 0.455. The number of aryl methyl sites for hydroxylation is 1. The van der Waals surface area contributed by atoms with Crippen LogP contribution in [0.2, 0.25) is 0 Å². The zero-order valence-electron chi connectivity index (χ0n) is 10.6. The molecule has 1 aliphatic heterocycles. The molecule has 3 rings (SSSR count). The molecule has 2 heterocycles. The van der Waals surface area contributed by atoms with Crippen LogP contribution in [0.5, 0.6) is 0 Å². The van der Waals surface area contributed by atoms with E-state index in [4.69, 9.17) is 5.73 Å². The molecule has 4 heteroatoms. The summed E-state index contributed by atoms with van der Waals surface area (Å²) in [6.45, 7) is 3.05. The third-order valence-electron chi connectivity index (χ3n) is 3.56. The summed E-state index contributed by atoms with van der Waals surface area (Å²) in [6.07, 6.45) is 2.72. The second-order valence-electron chi connectivity index (χ2n) is 5.10. The van der Waals surface area contributed by atoms with E-state index in [2.05, 4.69) is 46.0 Å². The van der Waals surface area contributed by atoms with E-state index in [-0.39, 0.29) is 6.04 Å². The molecule has 0 aliphatic carbocycles. The molecule has 4 nitrogen and oxygen atoms in total. The number of nitrogens with two attached hydrogens (primary N) is 1. The van der Waals surface area contributed by atoms with Crippen LogP contribution in [0.1, 0.15) is 29.2 Å². The van der Waals surface area contributed by atoms with Crippen molar-refractivity contribution in [2.24, 2.45) is 5.73 Å². The fourth-order valence-electron chi connectivity index (χ4n) is 2.43. The Bertz CT molecular complexity index is 541. The summed E-state index contributed by atoms with van der Waals surface area (Å²) < 4.78 is 2.23. The summed E-state index contributed by atoms with van der Waals surface area (Å²) in [5, 5.41) is 8.56. The summed E-state index contributed by atoms with van der Waals surface area (Å²) in [4.78, 5) is 0. The van der Waals surface area contributed by atoms with Crippen molar-refractivity contribution in [1.29, 1.82) is 0 Å². The van der Waals surface area contributed by atoms with E-state index >= 15 is 0 Å². The minimum atomic E-state index is 0.244. The molecular formula is C14H18N4. The van der Waals surface area contributed by atoms with Crippen molar-refractivity contribution in [1.82, 2.24) is 14.8 Å². The molecule has 1 aromatic heterocycles. The number of rotatable bonds is 2. The van der Waals surface area contributed by atoms with Gasteiger partial charge in [0, 0.05) is 25.4 Å². The third kappa shape index (κ3) is 2.16. The van der Waals surface area contributed by atoms with Crippen LogP contribution in [-0.4, -0.2) is 20.8 Å². The molecule has 0 saturated carbocycles. The largest absolute Gasteiger partial charge is 0.327 e. The van der Waals surface area contributed by atoms with Crippen molar-refractivity contribution in [2.45, 2.75) is 38.8 Å². The summed E-state index contributed by atoms with van der Waals surface area (Å²) >= 11 is 0. The maximum atomic E-state index is 5.95. The highest BCUT2D eigenvalue weighted by molar-refractivity contribution is 5.24. The van der Waals surface area contributed by atoms with Crippen molar-refractivity contribution >= 4 is 0 Å². The second kappa shape index (κ2) is 4.53. The molecule has 1 atom stereocenters. The highest BCUT2D eigenvalue weighted by atomic mass is 15.3. The van der Waals surface area contributed by atoms with Crippen molar-refractivity contribution in [3.05, 3.63) is 47.0 Å². The van der Waals surface area contributed by atoms with Gasteiger partial charge in [-0.05, 0) is 18.9 Å². The van der Waals surface area contributed by atoms with Gasteiger partial charge in [-0.15, -0.1) is 10.2 Å². The first-order valence-electron chi connectivity index (χ1n) is 6.44. The van der Waals surface area contributed by atoms with Crippen LogP contribution in [-0.2, 0) is 19.4 Å². The molecule has 2 aromatic rings. The molecule has 0 saturated heterocycles. The quantitative estimate of drug-likeness (QED) is 0.867. The van der Waals surface area contributed by atoms with Gasteiger partial charge in [0.15, 0.2) is 0 Å². The summed E-state index contributed by atoms with van der Waals surface area (Å²) in [7, 11) is 0. The van der Waals surface area contributed by atoms with Gasteiger partial charge in [0.1, 0.15) is 11.6 Å². The predicted octanol–water partition coefficient (Wildman–Crippen LogP) is 1.45. The van der Waals surface area contributed by atoms with Gasteiger partial charge in [-0.25, -0.2) is 0 Å². The molecule has 0 fully saturated rings. The van der Waals surface area contributed by atoms with Gasteiger partial charge in [0.2, 0.25) is 0 Å². The van der Waals surface area contributed by atoms with Crippen LogP contribution in [0.3, 0.4) is 0 Å². The Balaban J connectivity index is 1.83.